The number of urea groups is 1. The Labute approximate surface area is 141 Å². The van der Waals surface area contributed by atoms with Gasteiger partial charge in [-0.15, -0.1) is 11.3 Å². The van der Waals surface area contributed by atoms with Crippen molar-refractivity contribution in [1.82, 2.24) is 15.2 Å². The zero-order chi connectivity index (χ0) is 16.8. The third kappa shape index (κ3) is 4.45. The molecule has 5 nitrogen and oxygen atoms in total. The lowest BCUT2D eigenvalue weighted by atomic mass is 10.1. The minimum absolute atomic E-state index is 0.0806. The first-order chi connectivity index (χ1) is 11.0. The topological polar surface area (TPSA) is 54.5 Å². The Morgan fingerprint density at radius 3 is 2.83 bits per heavy atom. The second-order valence-corrected chi connectivity index (χ2v) is 6.35. The van der Waals surface area contributed by atoms with E-state index < -0.39 is 0 Å². The molecule has 2 rings (SSSR count). The summed E-state index contributed by atoms with van der Waals surface area (Å²) < 4.78 is 5.34. The van der Waals surface area contributed by atoms with Crippen LogP contribution in [-0.4, -0.2) is 29.6 Å². The molecule has 6 heteroatoms. The highest BCUT2D eigenvalue weighted by atomic mass is 32.1. The minimum Gasteiger partial charge on any atom is -0.481 e. The number of thiophene rings is 1. The van der Waals surface area contributed by atoms with Crippen molar-refractivity contribution in [2.45, 2.75) is 33.9 Å². The van der Waals surface area contributed by atoms with Gasteiger partial charge in [0, 0.05) is 22.7 Å². The van der Waals surface area contributed by atoms with Crippen molar-refractivity contribution in [2.24, 2.45) is 0 Å². The first-order valence-corrected chi connectivity index (χ1v) is 8.49. The molecule has 0 bridgehead atoms. The summed E-state index contributed by atoms with van der Waals surface area (Å²) in [5.74, 6) is 0.573. The van der Waals surface area contributed by atoms with Crippen LogP contribution in [0.15, 0.2) is 23.6 Å². The van der Waals surface area contributed by atoms with E-state index in [0.29, 0.717) is 25.5 Å². The number of aryl methyl sites for hydroxylation is 2. The van der Waals surface area contributed by atoms with Gasteiger partial charge in [-0.3, -0.25) is 0 Å². The van der Waals surface area contributed by atoms with Gasteiger partial charge in [0.15, 0.2) is 0 Å². The number of carbonyl (C=O) groups is 1. The van der Waals surface area contributed by atoms with Gasteiger partial charge < -0.3 is 15.0 Å². The molecule has 23 heavy (non-hydrogen) atoms. The Bertz CT molecular complexity index is 656. The van der Waals surface area contributed by atoms with Crippen molar-refractivity contribution in [2.75, 3.05) is 13.7 Å². The van der Waals surface area contributed by atoms with E-state index in [2.05, 4.69) is 10.3 Å². The van der Waals surface area contributed by atoms with E-state index in [1.54, 1.807) is 23.3 Å². The van der Waals surface area contributed by atoms with E-state index in [-0.39, 0.29) is 6.03 Å². The van der Waals surface area contributed by atoms with Crippen LogP contribution in [0.5, 0.6) is 5.88 Å². The number of ether oxygens (including phenoxy) is 1. The van der Waals surface area contributed by atoms with Crippen LogP contribution >= 0.6 is 11.3 Å². The number of carbonyl (C=O) groups excluding carboxylic acids is 1. The molecule has 0 aliphatic rings. The number of amides is 2. The predicted molar refractivity (Wildman–Crippen MR) is 92.9 cm³/mol. The van der Waals surface area contributed by atoms with Gasteiger partial charge in [-0.1, -0.05) is 6.07 Å². The maximum Gasteiger partial charge on any atom is 0.317 e. The normalized spacial score (nSPS) is 10.4. The lowest BCUT2D eigenvalue weighted by molar-refractivity contribution is 0.198. The third-order valence-corrected chi connectivity index (χ3v) is 4.50. The Balaban J connectivity index is 2.03. The maximum atomic E-state index is 12.4. The number of pyridine rings is 1. The summed E-state index contributed by atoms with van der Waals surface area (Å²) in [5, 5.41) is 4.99. The summed E-state index contributed by atoms with van der Waals surface area (Å²) in [6, 6.07) is 5.95. The van der Waals surface area contributed by atoms with Gasteiger partial charge in [0.2, 0.25) is 5.88 Å². The fourth-order valence-electron chi connectivity index (χ4n) is 2.41. The highest BCUT2D eigenvalue weighted by molar-refractivity contribution is 7.09. The summed E-state index contributed by atoms with van der Waals surface area (Å²) in [5.41, 5.74) is 2.89. The van der Waals surface area contributed by atoms with E-state index in [9.17, 15) is 4.79 Å². The highest BCUT2D eigenvalue weighted by Gasteiger charge is 2.15. The van der Waals surface area contributed by atoms with Crippen molar-refractivity contribution < 1.29 is 9.53 Å². The van der Waals surface area contributed by atoms with Crippen molar-refractivity contribution in [1.29, 1.82) is 0 Å². The Hall–Kier alpha value is -2.08. The molecule has 1 N–H and O–H groups in total. The maximum absolute atomic E-state index is 12.4. The quantitative estimate of drug-likeness (QED) is 0.880. The van der Waals surface area contributed by atoms with Gasteiger partial charge in [-0.2, -0.15) is 0 Å². The molecule has 0 saturated carbocycles. The molecule has 0 aliphatic heterocycles. The van der Waals surface area contributed by atoms with Gasteiger partial charge >= 0.3 is 6.03 Å². The van der Waals surface area contributed by atoms with Gasteiger partial charge in [0.1, 0.15) is 0 Å². The summed E-state index contributed by atoms with van der Waals surface area (Å²) in [4.78, 5) is 19.7. The van der Waals surface area contributed by atoms with Crippen LogP contribution < -0.4 is 10.1 Å². The van der Waals surface area contributed by atoms with Crippen LogP contribution in [0.4, 0.5) is 4.79 Å². The van der Waals surface area contributed by atoms with Crippen LogP contribution in [0.2, 0.25) is 0 Å². The zero-order valence-corrected chi connectivity index (χ0v) is 14.9. The van der Waals surface area contributed by atoms with Crippen LogP contribution in [0.25, 0.3) is 0 Å². The van der Waals surface area contributed by atoms with Crippen LogP contribution in [0.3, 0.4) is 0 Å². The van der Waals surface area contributed by atoms with Gasteiger partial charge in [0.25, 0.3) is 0 Å². The average Bonchev–Trinajstić information content (AvgIpc) is 3.03. The molecular formula is C17H23N3O2S. The van der Waals surface area contributed by atoms with E-state index in [1.807, 2.05) is 44.4 Å². The number of hydrogen-bond donors (Lipinski definition) is 1. The van der Waals surface area contributed by atoms with E-state index in [1.165, 1.54) is 4.88 Å². The predicted octanol–water partition coefficient (Wildman–Crippen LogP) is 3.50. The summed E-state index contributed by atoms with van der Waals surface area (Å²) >= 11 is 1.66. The monoisotopic (exact) mass is 333 g/mol. The molecule has 0 aromatic carbocycles. The van der Waals surface area contributed by atoms with Gasteiger partial charge in [-0.05, 0) is 43.8 Å². The standard InChI is InChI=1S/C17H23N3O2S/c1-5-20(11-14-7-6-8-23-14)17(21)18-10-15-12(2)9-13(3)19-16(15)22-4/h6-9H,5,10-11H2,1-4H3,(H,18,21). The van der Waals surface area contributed by atoms with Gasteiger partial charge in [-0.25, -0.2) is 9.78 Å². The molecule has 0 radical (unpaired) electrons. The number of nitrogens with one attached hydrogen (secondary N) is 1. The van der Waals surface area contributed by atoms with E-state index >= 15 is 0 Å². The number of nitrogens with zero attached hydrogens (tertiary/aromatic N) is 2. The molecule has 0 unspecified atom stereocenters. The smallest absolute Gasteiger partial charge is 0.317 e. The molecule has 2 aromatic rings. The molecule has 0 spiro atoms. The second kappa shape index (κ2) is 7.97. The molecule has 0 fully saturated rings. The van der Waals surface area contributed by atoms with E-state index in [0.717, 1.165) is 16.8 Å². The molecule has 124 valence electrons. The van der Waals surface area contributed by atoms with Crippen molar-refractivity contribution >= 4 is 17.4 Å². The Morgan fingerprint density at radius 2 is 2.22 bits per heavy atom. The van der Waals surface area contributed by atoms with Crippen molar-refractivity contribution in [3.63, 3.8) is 0 Å². The zero-order valence-electron chi connectivity index (χ0n) is 14.0. The minimum atomic E-state index is -0.0806. The molecule has 2 aromatic heterocycles. The molecular weight excluding hydrogens is 310 g/mol. The molecule has 0 aliphatic carbocycles. The van der Waals surface area contributed by atoms with Crippen molar-refractivity contribution in [3.8, 4) is 5.88 Å². The summed E-state index contributed by atoms with van der Waals surface area (Å²) in [6.07, 6.45) is 0. The first kappa shape index (κ1) is 17.3. The lowest BCUT2D eigenvalue weighted by Gasteiger charge is -2.21. The Morgan fingerprint density at radius 1 is 1.43 bits per heavy atom. The third-order valence-electron chi connectivity index (χ3n) is 3.64. The summed E-state index contributed by atoms with van der Waals surface area (Å²) in [6.45, 7) is 7.60. The number of hydrogen-bond acceptors (Lipinski definition) is 4. The molecule has 0 atom stereocenters. The van der Waals surface area contributed by atoms with E-state index in [4.69, 9.17) is 4.74 Å². The fourth-order valence-corrected chi connectivity index (χ4v) is 3.13. The first-order valence-electron chi connectivity index (χ1n) is 7.61. The number of aromatic nitrogens is 1. The van der Waals surface area contributed by atoms with Crippen LogP contribution in [-0.2, 0) is 13.1 Å². The molecule has 2 amide bonds. The van der Waals surface area contributed by atoms with Gasteiger partial charge in [0.05, 0.1) is 20.2 Å². The summed E-state index contributed by atoms with van der Waals surface area (Å²) in [7, 11) is 1.60. The largest absolute Gasteiger partial charge is 0.481 e. The lowest BCUT2D eigenvalue weighted by Crippen LogP contribution is -2.39. The van der Waals surface area contributed by atoms with Crippen molar-refractivity contribution in [3.05, 3.63) is 45.3 Å². The fraction of sp³-hybridized carbons (Fsp3) is 0.412. The molecule has 2 heterocycles. The van der Waals surface area contributed by atoms with Crippen LogP contribution in [0.1, 0.15) is 28.6 Å². The highest BCUT2D eigenvalue weighted by Crippen LogP contribution is 2.20. The number of rotatable bonds is 6. The number of methoxy groups -OCH3 is 1. The SMILES string of the molecule is CCN(Cc1cccs1)C(=O)NCc1c(C)cc(C)nc1OC. The Kier molecular flexibility index (Phi) is 5.98. The molecule has 0 saturated heterocycles. The second-order valence-electron chi connectivity index (χ2n) is 5.32. The average molecular weight is 333 g/mol. The van der Waals surface area contributed by atoms with Crippen LogP contribution in [0, 0.1) is 13.8 Å².